The van der Waals surface area contributed by atoms with Crippen LogP contribution in [0.4, 0.5) is 5.69 Å². The second-order valence-electron chi connectivity index (χ2n) is 10.1. The van der Waals surface area contributed by atoms with Crippen molar-refractivity contribution in [3.63, 3.8) is 0 Å². The highest BCUT2D eigenvalue weighted by molar-refractivity contribution is 6.31. The molecule has 1 aromatic heterocycles. The normalized spacial score (nSPS) is 17.9. The molecule has 0 saturated heterocycles. The predicted molar refractivity (Wildman–Crippen MR) is 147 cm³/mol. The van der Waals surface area contributed by atoms with Crippen molar-refractivity contribution in [1.82, 2.24) is 14.8 Å². The molecule has 1 heterocycles. The monoisotopic (exact) mass is 516 g/mol. The molecule has 1 aliphatic carbocycles. The molecule has 0 spiro atoms. The van der Waals surface area contributed by atoms with Crippen LogP contribution in [0.3, 0.4) is 0 Å². The lowest BCUT2D eigenvalue weighted by Crippen LogP contribution is -2.42. The number of aromatic nitrogens is 1. The Hall–Kier alpha value is -2.35. The van der Waals surface area contributed by atoms with E-state index < -0.39 is 0 Å². The number of aryl methyl sites for hydroxylation is 2. The minimum Gasteiger partial charge on any atom is -0.395 e. The minimum absolute atomic E-state index is 0.114. The van der Waals surface area contributed by atoms with Gasteiger partial charge in [-0.3, -0.25) is 9.59 Å². The topological polar surface area (TPSA) is 77.8 Å². The predicted octanol–water partition coefficient (Wildman–Crippen LogP) is 4.05. The van der Waals surface area contributed by atoms with E-state index in [9.17, 15) is 14.7 Å². The maximum absolute atomic E-state index is 13.3. The lowest BCUT2D eigenvalue weighted by atomic mass is 9.89. The summed E-state index contributed by atoms with van der Waals surface area (Å²) in [4.78, 5) is 31.0. The van der Waals surface area contributed by atoms with Crippen LogP contribution in [0, 0.1) is 20.8 Å². The summed E-state index contributed by atoms with van der Waals surface area (Å²) >= 11 is 6.52. The Morgan fingerprint density at radius 1 is 1.11 bits per heavy atom. The van der Waals surface area contributed by atoms with Gasteiger partial charge in [0.05, 0.1) is 6.61 Å². The Balaban J connectivity index is 1.83. The van der Waals surface area contributed by atoms with Gasteiger partial charge in [0.15, 0.2) is 0 Å². The SMILES string of the molecule is CCN(c1cc(Cl)cc(C(=O)NCc2c(C)cc(C)n(CCO)c2=O)c1C)[C@H]1CC[C@H](N(C)C)CC1. The zero-order chi connectivity index (χ0) is 26.6. The van der Waals surface area contributed by atoms with Crippen LogP contribution in [-0.4, -0.2) is 59.8 Å². The van der Waals surface area contributed by atoms with Crippen LogP contribution in [0.2, 0.25) is 5.02 Å². The number of amides is 1. The number of benzene rings is 1. The lowest BCUT2D eigenvalue weighted by molar-refractivity contribution is 0.0950. The first-order chi connectivity index (χ1) is 17.1. The Morgan fingerprint density at radius 3 is 2.33 bits per heavy atom. The van der Waals surface area contributed by atoms with Gasteiger partial charge in [0.2, 0.25) is 0 Å². The maximum Gasteiger partial charge on any atom is 0.256 e. The number of rotatable bonds is 9. The van der Waals surface area contributed by atoms with E-state index in [1.165, 1.54) is 0 Å². The van der Waals surface area contributed by atoms with Gasteiger partial charge in [-0.15, -0.1) is 0 Å². The maximum atomic E-state index is 13.3. The van der Waals surface area contributed by atoms with Crippen LogP contribution in [-0.2, 0) is 13.1 Å². The molecule has 0 bridgehead atoms. The van der Waals surface area contributed by atoms with Gasteiger partial charge < -0.3 is 24.8 Å². The zero-order valence-corrected chi connectivity index (χ0v) is 23.3. The van der Waals surface area contributed by atoms with Crippen molar-refractivity contribution < 1.29 is 9.90 Å². The van der Waals surface area contributed by atoms with E-state index in [0.717, 1.165) is 54.7 Å². The van der Waals surface area contributed by atoms with Crippen molar-refractivity contribution in [3.8, 4) is 0 Å². The molecule has 1 aromatic carbocycles. The Morgan fingerprint density at radius 2 is 1.75 bits per heavy atom. The van der Waals surface area contributed by atoms with Gasteiger partial charge in [-0.05, 0) is 96.8 Å². The van der Waals surface area contributed by atoms with Crippen LogP contribution >= 0.6 is 11.6 Å². The molecule has 8 heteroatoms. The molecule has 36 heavy (non-hydrogen) atoms. The zero-order valence-electron chi connectivity index (χ0n) is 22.5. The molecule has 0 unspecified atom stereocenters. The molecule has 1 fully saturated rings. The molecule has 1 amide bonds. The number of nitrogens with one attached hydrogen (secondary N) is 1. The van der Waals surface area contributed by atoms with Crippen LogP contribution < -0.4 is 15.8 Å². The van der Waals surface area contributed by atoms with Crippen molar-refractivity contribution in [2.75, 3.05) is 32.1 Å². The molecule has 3 rings (SSSR count). The highest BCUT2D eigenvalue weighted by Crippen LogP contribution is 2.34. The summed E-state index contributed by atoms with van der Waals surface area (Å²) in [5.74, 6) is -0.253. The summed E-state index contributed by atoms with van der Waals surface area (Å²) < 4.78 is 1.54. The number of anilines is 1. The smallest absolute Gasteiger partial charge is 0.256 e. The Bertz CT molecular complexity index is 1140. The second kappa shape index (κ2) is 12.3. The molecule has 7 nitrogen and oxygen atoms in total. The van der Waals surface area contributed by atoms with Gasteiger partial charge in [-0.2, -0.15) is 0 Å². The van der Waals surface area contributed by atoms with Crippen molar-refractivity contribution in [1.29, 1.82) is 0 Å². The first-order valence-corrected chi connectivity index (χ1v) is 13.3. The van der Waals surface area contributed by atoms with E-state index in [-0.39, 0.29) is 31.2 Å². The van der Waals surface area contributed by atoms with Crippen molar-refractivity contribution >= 4 is 23.2 Å². The number of pyridine rings is 1. The average Bonchev–Trinajstić information content (AvgIpc) is 2.84. The number of carbonyl (C=O) groups is 1. The van der Waals surface area contributed by atoms with Crippen LogP contribution in [0.15, 0.2) is 23.0 Å². The summed E-state index contributed by atoms with van der Waals surface area (Å²) in [5, 5.41) is 12.8. The molecule has 1 aliphatic rings. The quantitative estimate of drug-likeness (QED) is 0.526. The summed E-state index contributed by atoms with van der Waals surface area (Å²) in [6.07, 6.45) is 4.53. The van der Waals surface area contributed by atoms with E-state index in [0.29, 0.717) is 28.2 Å². The van der Waals surface area contributed by atoms with Crippen LogP contribution in [0.1, 0.15) is 65.3 Å². The number of carbonyl (C=O) groups excluding carboxylic acids is 1. The number of nitrogens with zero attached hydrogens (tertiary/aromatic N) is 3. The van der Waals surface area contributed by atoms with Crippen LogP contribution in [0.25, 0.3) is 0 Å². The molecular weight excluding hydrogens is 476 g/mol. The van der Waals surface area contributed by atoms with E-state index in [4.69, 9.17) is 11.6 Å². The second-order valence-corrected chi connectivity index (χ2v) is 10.6. The number of aliphatic hydroxyl groups is 1. The van der Waals surface area contributed by atoms with Gasteiger partial charge in [-0.25, -0.2) is 0 Å². The molecule has 0 atom stereocenters. The third kappa shape index (κ3) is 6.13. The summed E-state index contributed by atoms with van der Waals surface area (Å²) in [7, 11) is 4.29. The van der Waals surface area contributed by atoms with E-state index in [1.807, 2.05) is 32.9 Å². The first-order valence-electron chi connectivity index (χ1n) is 12.9. The average molecular weight is 517 g/mol. The van der Waals surface area contributed by atoms with Crippen molar-refractivity contribution in [3.05, 3.63) is 61.5 Å². The summed E-state index contributed by atoms with van der Waals surface area (Å²) in [6.45, 7) is 8.89. The number of hydrogen-bond acceptors (Lipinski definition) is 5. The molecule has 2 aromatic rings. The van der Waals surface area contributed by atoms with Gasteiger partial charge in [0, 0.05) is 59.2 Å². The van der Waals surface area contributed by atoms with Crippen molar-refractivity contribution in [2.24, 2.45) is 0 Å². The molecule has 1 saturated carbocycles. The molecule has 198 valence electrons. The van der Waals surface area contributed by atoms with Gasteiger partial charge in [-0.1, -0.05) is 11.6 Å². The van der Waals surface area contributed by atoms with Crippen molar-refractivity contribution in [2.45, 2.75) is 78.6 Å². The fraction of sp³-hybridized carbons (Fsp3) is 0.571. The third-order valence-electron chi connectivity index (χ3n) is 7.66. The summed E-state index contributed by atoms with van der Waals surface area (Å²) in [5.41, 5.74) is 4.37. The molecule has 0 aliphatic heterocycles. The highest BCUT2D eigenvalue weighted by atomic mass is 35.5. The lowest BCUT2D eigenvalue weighted by Gasteiger charge is -2.40. The number of halogens is 1. The molecular formula is C28H41ClN4O3. The van der Waals surface area contributed by atoms with Gasteiger partial charge >= 0.3 is 0 Å². The fourth-order valence-electron chi connectivity index (χ4n) is 5.54. The number of hydrogen-bond donors (Lipinski definition) is 2. The first kappa shape index (κ1) is 28.2. The van der Waals surface area contributed by atoms with Crippen LogP contribution in [0.5, 0.6) is 0 Å². The Labute approximate surface area is 220 Å². The van der Waals surface area contributed by atoms with E-state index >= 15 is 0 Å². The van der Waals surface area contributed by atoms with E-state index in [1.54, 1.807) is 10.6 Å². The largest absolute Gasteiger partial charge is 0.395 e. The Kier molecular flexibility index (Phi) is 9.61. The molecule has 0 radical (unpaired) electrons. The van der Waals surface area contributed by atoms with Gasteiger partial charge in [0.25, 0.3) is 11.5 Å². The van der Waals surface area contributed by atoms with E-state index in [2.05, 4.69) is 36.1 Å². The minimum atomic E-state index is -0.253. The summed E-state index contributed by atoms with van der Waals surface area (Å²) in [6, 6.07) is 6.62. The highest BCUT2D eigenvalue weighted by Gasteiger charge is 2.28. The third-order valence-corrected chi connectivity index (χ3v) is 7.88. The molecule has 2 N–H and O–H groups in total. The fourth-order valence-corrected chi connectivity index (χ4v) is 5.75. The standard InChI is InChI=1S/C28H41ClN4O3/c1-7-32(23-10-8-22(9-11-23)31(5)6)26-16-21(29)15-24(20(26)4)27(35)30-17-25-18(2)14-19(3)33(12-13-34)28(25)36/h14-16,22-23,34H,7-13,17H2,1-6H3,(H,30,35)/t22-,23-. The number of aliphatic hydroxyl groups excluding tert-OH is 1. The van der Waals surface area contributed by atoms with Gasteiger partial charge in [0.1, 0.15) is 0 Å².